The van der Waals surface area contributed by atoms with Crippen LogP contribution in [0, 0.1) is 0 Å². The number of aliphatic carboxylic acids is 1. The number of fused-ring (bicyclic) bond motifs is 1. The maximum atomic E-state index is 10.5. The van der Waals surface area contributed by atoms with E-state index in [0.717, 1.165) is 5.52 Å². The van der Waals surface area contributed by atoms with Gasteiger partial charge in [0.15, 0.2) is 5.65 Å². The summed E-state index contributed by atoms with van der Waals surface area (Å²) in [5, 5.41) is 8.64. The van der Waals surface area contributed by atoms with Gasteiger partial charge in [0, 0.05) is 13.2 Å². The van der Waals surface area contributed by atoms with Crippen LogP contribution in [0.15, 0.2) is 18.3 Å². The van der Waals surface area contributed by atoms with Crippen LogP contribution >= 0.6 is 0 Å². The zero-order valence-electron chi connectivity index (χ0n) is 7.64. The number of rotatable bonds is 2. The fourth-order valence-corrected chi connectivity index (χ4v) is 1.37. The Bertz CT molecular complexity index is 490. The first-order valence-corrected chi connectivity index (χ1v) is 4.16. The molecule has 2 aromatic heterocycles. The lowest BCUT2D eigenvalue weighted by molar-refractivity contribution is -0.136. The second-order valence-corrected chi connectivity index (χ2v) is 3.00. The Labute approximate surface area is 80.0 Å². The minimum absolute atomic E-state index is 0.0765. The van der Waals surface area contributed by atoms with Gasteiger partial charge in [-0.2, -0.15) is 0 Å². The van der Waals surface area contributed by atoms with Crippen LogP contribution in [0.25, 0.3) is 11.2 Å². The van der Waals surface area contributed by atoms with Gasteiger partial charge in [-0.3, -0.25) is 4.79 Å². The predicted octanol–water partition coefficient (Wildman–Crippen LogP) is 0.595. The van der Waals surface area contributed by atoms with Crippen molar-refractivity contribution >= 4 is 17.1 Å². The van der Waals surface area contributed by atoms with E-state index in [1.54, 1.807) is 23.9 Å². The normalized spacial score (nSPS) is 10.6. The molecule has 72 valence electrons. The third kappa shape index (κ3) is 1.32. The smallest absolute Gasteiger partial charge is 0.311 e. The topological polar surface area (TPSA) is 68.0 Å². The van der Waals surface area contributed by atoms with E-state index in [1.807, 2.05) is 6.07 Å². The molecular weight excluding hydrogens is 182 g/mol. The van der Waals surface area contributed by atoms with Crippen LogP contribution in [0.3, 0.4) is 0 Å². The minimum atomic E-state index is -0.886. The molecule has 5 nitrogen and oxygen atoms in total. The molecule has 5 heteroatoms. The summed E-state index contributed by atoms with van der Waals surface area (Å²) in [4.78, 5) is 18.7. The van der Waals surface area contributed by atoms with Crippen molar-refractivity contribution in [2.24, 2.45) is 7.05 Å². The molecule has 2 heterocycles. The number of carboxylic acids is 1. The van der Waals surface area contributed by atoms with Gasteiger partial charge in [-0.1, -0.05) is 0 Å². The number of nitrogens with zero attached hydrogens (tertiary/aromatic N) is 3. The second-order valence-electron chi connectivity index (χ2n) is 3.00. The van der Waals surface area contributed by atoms with Gasteiger partial charge in [0.05, 0.1) is 5.52 Å². The summed E-state index contributed by atoms with van der Waals surface area (Å²) in [5.74, 6) is -0.366. The first kappa shape index (κ1) is 8.68. The molecule has 0 aliphatic heterocycles. The van der Waals surface area contributed by atoms with E-state index in [4.69, 9.17) is 5.11 Å². The van der Waals surface area contributed by atoms with E-state index >= 15 is 0 Å². The SMILES string of the molecule is Cn1c(CC(=O)O)nc2ncccc21. The van der Waals surface area contributed by atoms with Crippen LogP contribution in [-0.2, 0) is 18.3 Å². The lowest BCUT2D eigenvalue weighted by Gasteiger charge is -1.97. The summed E-state index contributed by atoms with van der Waals surface area (Å²) in [6.07, 6.45) is 1.56. The van der Waals surface area contributed by atoms with E-state index < -0.39 is 5.97 Å². The highest BCUT2D eigenvalue weighted by Crippen LogP contribution is 2.11. The number of carbonyl (C=O) groups is 1. The Kier molecular flexibility index (Phi) is 1.92. The summed E-state index contributed by atoms with van der Waals surface area (Å²) < 4.78 is 1.75. The Hall–Kier alpha value is -1.91. The van der Waals surface area contributed by atoms with Gasteiger partial charge < -0.3 is 9.67 Å². The maximum absolute atomic E-state index is 10.5. The quantitative estimate of drug-likeness (QED) is 0.754. The van der Waals surface area contributed by atoms with Crippen molar-refractivity contribution in [1.29, 1.82) is 0 Å². The highest BCUT2D eigenvalue weighted by molar-refractivity contribution is 5.74. The fourth-order valence-electron chi connectivity index (χ4n) is 1.37. The van der Waals surface area contributed by atoms with Crippen LogP contribution in [0.4, 0.5) is 0 Å². The van der Waals surface area contributed by atoms with Crippen molar-refractivity contribution < 1.29 is 9.90 Å². The van der Waals surface area contributed by atoms with Crippen LogP contribution in [-0.4, -0.2) is 25.6 Å². The molecule has 1 N–H and O–H groups in total. The second kappa shape index (κ2) is 3.10. The predicted molar refractivity (Wildman–Crippen MR) is 49.8 cm³/mol. The zero-order chi connectivity index (χ0) is 10.1. The molecule has 0 unspecified atom stereocenters. The Morgan fingerprint density at radius 1 is 1.64 bits per heavy atom. The highest BCUT2D eigenvalue weighted by atomic mass is 16.4. The van der Waals surface area contributed by atoms with Gasteiger partial charge in [-0.15, -0.1) is 0 Å². The Morgan fingerprint density at radius 3 is 3.07 bits per heavy atom. The molecule has 0 fully saturated rings. The molecule has 14 heavy (non-hydrogen) atoms. The first-order chi connectivity index (χ1) is 6.68. The Morgan fingerprint density at radius 2 is 2.43 bits per heavy atom. The number of hydrogen-bond donors (Lipinski definition) is 1. The largest absolute Gasteiger partial charge is 0.481 e. The summed E-state index contributed by atoms with van der Waals surface area (Å²) in [6.45, 7) is 0. The third-order valence-electron chi connectivity index (χ3n) is 2.06. The van der Waals surface area contributed by atoms with Gasteiger partial charge in [-0.25, -0.2) is 9.97 Å². The van der Waals surface area contributed by atoms with Crippen molar-refractivity contribution in [3.8, 4) is 0 Å². The average Bonchev–Trinajstić information content (AvgIpc) is 2.44. The van der Waals surface area contributed by atoms with Gasteiger partial charge in [-0.05, 0) is 12.1 Å². The number of aryl methyl sites for hydroxylation is 1. The molecule has 0 saturated heterocycles. The van der Waals surface area contributed by atoms with E-state index in [-0.39, 0.29) is 6.42 Å². The average molecular weight is 191 g/mol. The van der Waals surface area contributed by atoms with Crippen molar-refractivity contribution in [1.82, 2.24) is 14.5 Å². The summed E-state index contributed by atoms with van der Waals surface area (Å²) in [7, 11) is 1.79. The molecule has 0 radical (unpaired) electrons. The standard InChI is InChI=1S/C9H9N3O2/c1-12-6-3-2-4-10-9(6)11-7(12)5-8(13)14/h2-4H,5H2,1H3,(H,13,14). The van der Waals surface area contributed by atoms with Gasteiger partial charge in [0.25, 0.3) is 0 Å². The van der Waals surface area contributed by atoms with E-state index in [0.29, 0.717) is 11.5 Å². The lowest BCUT2D eigenvalue weighted by atomic mass is 10.4. The van der Waals surface area contributed by atoms with Crippen LogP contribution in [0.1, 0.15) is 5.82 Å². The fraction of sp³-hybridized carbons (Fsp3) is 0.222. The van der Waals surface area contributed by atoms with Crippen LogP contribution in [0.5, 0.6) is 0 Å². The number of carboxylic acid groups (broad SMARTS) is 1. The maximum Gasteiger partial charge on any atom is 0.311 e. The molecule has 0 bridgehead atoms. The van der Waals surface area contributed by atoms with E-state index in [2.05, 4.69) is 9.97 Å². The van der Waals surface area contributed by atoms with Crippen molar-refractivity contribution in [3.63, 3.8) is 0 Å². The van der Waals surface area contributed by atoms with Gasteiger partial charge in [0.2, 0.25) is 0 Å². The molecular formula is C9H9N3O2. The number of aromatic nitrogens is 3. The monoisotopic (exact) mass is 191 g/mol. The van der Waals surface area contributed by atoms with E-state index in [9.17, 15) is 4.79 Å². The van der Waals surface area contributed by atoms with Crippen LogP contribution in [0.2, 0.25) is 0 Å². The molecule has 0 atom stereocenters. The van der Waals surface area contributed by atoms with Crippen molar-refractivity contribution in [2.45, 2.75) is 6.42 Å². The van der Waals surface area contributed by atoms with Gasteiger partial charge in [0.1, 0.15) is 12.2 Å². The third-order valence-corrected chi connectivity index (χ3v) is 2.06. The summed E-state index contributed by atoms with van der Waals surface area (Å²) in [6, 6.07) is 3.66. The Balaban J connectivity index is 2.57. The molecule has 0 spiro atoms. The van der Waals surface area contributed by atoms with Crippen molar-refractivity contribution in [3.05, 3.63) is 24.2 Å². The van der Waals surface area contributed by atoms with Gasteiger partial charge >= 0.3 is 5.97 Å². The first-order valence-electron chi connectivity index (χ1n) is 4.16. The molecule has 0 saturated carbocycles. The van der Waals surface area contributed by atoms with Crippen LogP contribution < -0.4 is 0 Å². The molecule has 2 rings (SSSR count). The number of pyridine rings is 1. The summed E-state index contributed by atoms with van der Waals surface area (Å²) >= 11 is 0. The molecule has 0 aliphatic carbocycles. The van der Waals surface area contributed by atoms with Crippen molar-refractivity contribution in [2.75, 3.05) is 0 Å². The minimum Gasteiger partial charge on any atom is -0.481 e. The summed E-state index contributed by atoms with van der Waals surface area (Å²) in [5.41, 5.74) is 1.44. The number of hydrogen-bond acceptors (Lipinski definition) is 3. The molecule has 0 aromatic carbocycles. The molecule has 2 aromatic rings. The highest BCUT2D eigenvalue weighted by Gasteiger charge is 2.10. The molecule has 0 amide bonds. The van der Waals surface area contributed by atoms with E-state index in [1.165, 1.54) is 0 Å². The number of imidazole rings is 1. The lowest BCUT2D eigenvalue weighted by Crippen LogP contribution is -2.06. The zero-order valence-corrected chi connectivity index (χ0v) is 7.64. The molecule has 0 aliphatic rings.